The van der Waals surface area contributed by atoms with E-state index >= 15 is 0 Å². The summed E-state index contributed by atoms with van der Waals surface area (Å²) in [5, 5.41) is 0. The van der Waals surface area contributed by atoms with Gasteiger partial charge in [-0.25, -0.2) is 13.1 Å². The van der Waals surface area contributed by atoms with Crippen molar-refractivity contribution in [1.82, 2.24) is 4.72 Å². The summed E-state index contributed by atoms with van der Waals surface area (Å²) in [4.78, 5) is 1.24. The van der Waals surface area contributed by atoms with Crippen LogP contribution in [0.5, 0.6) is 0 Å². The molecule has 1 heterocycles. The van der Waals surface area contributed by atoms with E-state index in [0.717, 1.165) is 16.9 Å². The molecule has 21 heavy (non-hydrogen) atoms. The maximum Gasteiger partial charge on any atom is 0.240 e. The summed E-state index contributed by atoms with van der Waals surface area (Å²) < 4.78 is 27.7. The topological polar surface area (TPSA) is 72.2 Å². The number of hydrogen-bond acceptors (Lipinski definition) is 4. The Balaban J connectivity index is 2.02. The zero-order chi connectivity index (χ0) is 15.5. The highest BCUT2D eigenvalue weighted by atomic mass is 35.5. The Morgan fingerprint density at radius 1 is 1.29 bits per heavy atom. The largest absolute Gasteiger partial charge is 0.398 e. The molecule has 0 saturated heterocycles. The quantitative estimate of drug-likeness (QED) is 0.791. The first-order valence-electron chi connectivity index (χ1n) is 6.54. The second-order valence-corrected chi connectivity index (χ2v) is 8.13. The van der Waals surface area contributed by atoms with Gasteiger partial charge in [0.05, 0.1) is 9.23 Å². The summed E-state index contributed by atoms with van der Waals surface area (Å²) in [6.45, 7) is 2.30. The summed E-state index contributed by atoms with van der Waals surface area (Å²) in [5.74, 6) is 0. The molecule has 3 N–H and O–H groups in total. The molecule has 0 bridgehead atoms. The molecular formula is C14H17ClN2O2S2. The van der Waals surface area contributed by atoms with Crippen molar-refractivity contribution in [3.8, 4) is 0 Å². The molecule has 0 aliphatic rings. The molecule has 0 spiro atoms. The maximum atomic E-state index is 12.2. The average Bonchev–Trinajstić information content (AvgIpc) is 2.84. The summed E-state index contributed by atoms with van der Waals surface area (Å²) in [6, 6.07) is 8.54. The van der Waals surface area contributed by atoms with Crippen molar-refractivity contribution in [1.29, 1.82) is 0 Å². The molecule has 1 aromatic heterocycles. The Hall–Kier alpha value is -1.08. The van der Waals surface area contributed by atoms with E-state index in [-0.39, 0.29) is 4.90 Å². The third kappa shape index (κ3) is 4.20. The van der Waals surface area contributed by atoms with E-state index in [2.05, 4.69) is 4.72 Å². The number of anilines is 1. The fourth-order valence-electron chi connectivity index (χ4n) is 1.94. The SMILES string of the molecule is CCc1ccc(S(=O)(=O)NCCc2ccc(Cl)s2)cc1N. The number of nitrogens with two attached hydrogens (primary N) is 1. The minimum atomic E-state index is -3.53. The Morgan fingerprint density at radius 3 is 2.62 bits per heavy atom. The van der Waals surface area contributed by atoms with Gasteiger partial charge in [0, 0.05) is 17.1 Å². The van der Waals surface area contributed by atoms with Crippen molar-refractivity contribution in [3.63, 3.8) is 0 Å². The number of thiophene rings is 1. The van der Waals surface area contributed by atoms with E-state index in [1.54, 1.807) is 18.2 Å². The lowest BCUT2D eigenvalue weighted by Gasteiger charge is -2.09. The van der Waals surface area contributed by atoms with Gasteiger partial charge in [-0.15, -0.1) is 11.3 Å². The fraction of sp³-hybridized carbons (Fsp3) is 0.286. The molecule has 0 saturated carbocycles. The van der Waals surface area contributed by atoms with E-state index in [4.69, 9.17) is 17.3 Å². The van der Waals surface area contributed by atoms with Gasteiger partial charge >= 0.3 is 0 Å². The first-order chi connectivity index (χ1) is 9.92. The lowest BCUT2D eigenvalue weighted by molar-refractivity contribution is 0.582. The Morgan fingerprint density at radius 2 is 2.05 bits per heavy atom. The molecule has 0 radical (unpaired) electrons. The van der Waals surface area contributed by atoms with Crippen LogP contribution in [0, 0.1) is 0 Å². The van der Waals surface area contributed by atoms with Gasteiger partial charge < -0.3 is 5.73 Å². The summed E-state index contributed by atoms with van der Waals surface area (Å²) in [5.41, 5.74) is 7.30. The van der Waals surface area contributed by atoms with Crippen LogP contribution >= 0.6 is 22.9 Å². The van der Waals surface area contributed by atoms with Crippen molar-refractivity contribution in [2.24, 2.45) is 0 Å². The van der Waals surface area contributed by atoms with Crippen molar-refractivity contribution < 1.29 is 8.42 Å². The first kappa shape index (κ1) is 16.3. The molecule has 1 aromatic carbocycles. The van der Waals surface area contributed by atoms with Gasteiger partial charge in [-0.2, -0.15) is 0 Å². The van der Waals surface area contributed by atoms with Gasteiger partial charge in [0.1, 0.15) is 0 Å². The van der Waals surface area contributed by atoms with E-state index in [0.29, 0.717) is 23.0 Å². The molecule has 0 unspecified atom stereocenters. The monoisotopic (exact) mass is 344 g/mol. The van der Waals surface area contributed by atoms with Gasteiger partial charge in [-0.3, -0.25) is 0 Å². The predicted octanol–water partition coefficient (Wildman–Crippen LogP) is 3.07. The lowest BCUT2D eigenvalue weighted by atomic mass is 10.1. The van der Waals surface area contributed by atoms with Crippen molar-refractivity contribution in [2.75, 3.05) is 12.3 Å². The minimum absolute atomic E-state index is 0.196. The van der Waals surface area contributed by atoms with Crippen LogP contribution in [0.1, 0.15) is 17.4 Å². The molecule has 0 amide bonds. The molecule has 0 fully saturated rings. The molecule has 114 valence electrons. The fourth-order valence-corrected chi connectivity index (χ4v) is 4.09. The first-order valence-corrected chi connectivity index (χ1v) is 9.22. The van der Waals surface area contributed by atoms with Gasteiger partial charge in [0.15, 0.2) is 0 Å². The number of halogens is 1. The number of benzene rings is 1. The van der Waals surface area contributed by atoms with Crippen LogP contribution in [-0.4, -0.2) is 15.0 Å². The zero-order valence-electron chi connectivity index (χ0n) is 11.6. The Kier molecular flexibility index (Phi) is 5.27. The zero-order valence-corrected chi connectivity index (χ0v) is 14.0. The molecule has 7 heteroatoms. The van der Waals surface area contributed by atoms with Crippen LogP contribution < -0.4 is 10.5 Å². The lowest BCUT2D eigenvalue weighted by Crippen LogP contribution is -2.26. The molecule has 2 aromatic rings. The van der Waals surface area contributed by atoms with Crippen LogP contribution in [0.25, 0.3) is 0 Å². The number of nitrogens with one attached hydrogen (secondary N) is 1. The molecule has 4 nitrogen and oxygen atoms in total. The molecule has 0 aliphatic heterocycles. The summed E-state index contributed by atoms with van der Waals surface area (Å²) >= 11 is 7.29. The van der Waals surface area contributed by atoms with E-state index in [1.807, 2.05) is 13.0 Å². The smallest absolute Gasteiger partial charge is 0.240 e. The molecule has 2 rings (SSSR count). The van der Waals surface area contributed by atoms with Crippen molar-refractivity contribution in [3.05, 3.63) is 45.1 Å². The van der Waals surface area contributed by atoms with Gasteiger partial charge in [-0.05, 0) is 42.7 Å². The Labute approximate surface area is 134 Å². The van der Waals surface area contributed by atoms with Crippen molar-refractivity contribution in [2.45, 2.75) is 24.7 Å². The normalized spacial score (nSPS) is 11.7. The standard InChI is InChI=1S/C14H17ClN2O2S2/c1-2-10-3-5-12(9-13(10)16)21(18,19)17-8-7-11-4-6-14(15)20-11/h3-6,9,17H,2,7-8,16H2,1H3. The second-order valence-electron chi connectivity index (χ2n) is 4.57. The predicted molar refractivity (Wildman–Crippen MR) is 88.5 cm³/mol. The van der Waals surface area contributed by atoms with Crippen LogP contribution in [0.2, 0.25) is 4.34 Å². The van der Waals surface area contributed by atoms with E-state index in [9.17, 15) is 8.42 Å². The van der Waals surface area contributed by atoms with Crippen LogP contribution in [0.3, 0.4) is 0 Å². The number of sulfonamides is 1. The average molecular weight is 345 g/mol. The highest BCUT2D eigenvalue weighted by molar-refractivity contribution is 7.89. The van der Waals surface area contributed by atoms with Gasteiger partial charge in [0.2, 0.25) is 10.0 Å². The number of hydrogen-bond donors (Lipinski definition) is 2. The van der Waals surface area contributed by atoms with E-state index < -0.39 is 10.0 Å². The summed E-state index contributed by atoms with van der Waals surface area (Å²) in [6.07, 6.45) is 1.39. The van der Waals surface area contributed by atoms with Gasteiger partial charge in [0.25, 0.3) is 0 Å². The molecular weight excluding hydrogens is 328 g/mol. The van der Waals surface area contributed by atoms with Crippen LogP contribution in [0.4, 0.5) is 5.69 Å². The molecule has 0 aliphatic carbocycles. The van der Waals surface area contributed by atoms with Crippen LogP contribution in [-0.2, 0) is 22.9 Å². The summed E-state index contributed by atoms with van der Waals surface area (Å²) in [7, 11) is -3.53. The second kappa shape index (κ2) is 6.79. The van der Waals surface area contributed by atoms with Crippen LogP contribution in [0.15, 0.2) is 35.2 Å². The molecule has 0 atom stereocenters. The number of aryl methyl sites for hydroxylation is 1. The highest BCUT2D eigenvalue weighted by Crippen LogP contribution is 2.22. The van der Waals surface area contributed by atoms with E-state index in [1.165, 1.54) is 17.4 Å². The minimum Gasteiger partial charge on any atom is -0.398 e. The Bertz CT molecular complexity index is 726. The number of rotatable bonds is 6. The maximum absolute atomic E-state index is 12.2. The highest BCUT2D eigenvalue weighted by Gasteiger charge is 2.14. The third-order valence-corrected chi connectivity index (χ3v) is 5.85. The third-order valence-electron chi connectivity index (χ3n) is 3.10. The number of nitrogen functional groups attached to an aromatic ring is 1. The van der Waals surface area contributed by atoms with Crippen molar-refractivity contribution >= 4 is 38.6 Å². The van der Waals surface area contributed by atoms with Gasteiger partial charge in [-0.1, -0.05) is 24.6 Å².